The number of allylic oxidation sites excluding steroid dienone is 2. The van der Waals surface area contributed by atoms with Crippen molar-refractivity contribution in [3.8, 4) is 0 Å². The smallest absolute Gasteiger partial charge is 0.146 e. The van der Waals surface area contributed by atoms with Gasteiger partial charge >= 0.3 is 0 Å². The largest absolute Gasteiger partial charge is 0.375 e. The first-order valence-corrected chi connectivity index (χ1v) is 7.52. The van der Waals surface area contributed by atoms with Crippen LogP contribution < -0.4 is 5.32 Å². The maximum atomic E-state index is 14.2. The zero-order valence-corrected chi connectivity index (χ0v) is 12.0. The van der Waals surface area contributed by atoms with Crippen molar-refractivity contribution in [1.29, 1.82) is 0 Å². The van der Waals surface area contributed by atoms with Crippen LogP contribution in [0.5, 0.6) is 0 Å². The van der Waals surface area contributed by atoms with Crippen LogP contribution in [0.3, 0.4) is 0 Å². The van der Waals surface area contributed by atoms with Crippen LogP contribution in [-0.2, 0) is 0 Å². The molecule has 106 valence electrons. The molecule has 3 atom stereocenters. The molecule has 1 aliphatic heterocycles. The third-order valence-electron chi connectivity index (χ3n) is 4.78. The van der Waals surface area contributed by atoms with Gasteiger partial charge in [0, 0.05) is 5.92 Å². The van der Waals surface area contributed by atoms with E-state index in [0.29, 0.717) is 17.5 Å². The van der Waals surface area contributed by atoms with Gasteiger partial charge in [0.1, 0.15) is 5.82 Å². The Hall–Kier alpha value is -2.09. The Labute approximate surface area is 124 Å². The summed E-state index contributed by atoms with van der Waals surface area (Å²) in [5, 5.41) is 3.46. The van der Waals surface area contributed by atoms with E-state index in [0.717, 1.165) is 12.0 Å². The lowest BCUT2D eigenvalue weighted by Crippen LogP contribution is -2.29. The molecular weight excluding hydrogens is 261 g/mol. The molecule has 0 saturated carbocycles. The van der Waals surface area contributed by atoms with E-state index in [2.05, 4.69) is 48.7 Å². The van der Waals surface area contributed by atoms with Gasteiger partial charge in [0.15, 0.2) is 0 Å². The molecule has 1 aliphatic carbocycles. The number of nitrogens with one attached hydrogen (secondary N) is 1. The van der Waals surface area contributed by atoms with Crippen molar-refractivity contribution in [2.24, 2.45) is 5.92 Å². The summed E-state index contributed by atoms with van der Waals surface area (Å²) in [6, 6.07) is 14.2. The van der Waals surface area contributed by atoms with Crippen molar-refractivity contribution in [2.45, 2.75) is 25.3 Å². The molecule has 0 bridgehead atoms. The van der Waals surface area contributed by atoms with Gasteiger partial charge < -0.3 is 5.32 Å². The van der Waals surface area contributed by atoms with Gasteiger partial charge in [-0.25, -0.2) is 4.39 Å². The highest BCUT2D eigenvalue weighted by atomic mass is 19.1. The van der Waals surface area contributed by atoms with E-state index in [-0.39, 0.29) is 11.9 Å². The van der Waals surface area contributed by atoms with Crippen molar-refractivity contribution in [1.82, 2.24) is 0 Å². The average Bonchev–Trinajstić information content (AvgIpc) is 2.98. The summed E-state index contributed by atoms with van der Waals surface area (Å²) in [7, 11) is 0. The standard InChI is InChI=1S/C19H18FN/c1-12-8-10-13(11-9-12)18-15-5-2-4-14(15)16-6-3-7-17(20)19(16)21-18/h2-4,6-11,14-15,18,21H,5H2,1H3/t14-,15-,18-/m0/s1. The molecule has 0 fully saturated rings. The van der Waals surface area contributed by atoms with Crippen LogP contribution in [-0.4, -0.2) is 0 Å². The monoisotopic (exact) mass is 279 g/mol. The van der Waals surface area contributed by atoms with Gasteiger partial charge in [-0.1, -0.05) is 54.1 Å². The van der Waals surface area contributed by atoms with Crippen LogP contribution in [0.2, 0.25) is 0 Å². The van der Waals surface area contributed by atoms with Gasteiger partial charge in [-0.05, 0) is 36.5 Å². The second-order valence-corrected chi connectivity index (χ2v) is 6.09. The Bertz CT molecular complexity index is 702. The van der Waals surface area contributed by atoms with Crippen LogP contribution in [0.1, 0.15) is 35.1 Å². The lowest BCUT2D eigenvalue weighted by molar-refractivity contribution is 0.421. The maximum Gasteiger partial charge on any atom is 0.146 e. The first-order valence-electron chi connectivity index (χ1n) is 7.52. The Kier molecular flexibility index (Phi) is 2.85. The number of anilines is 1. The van der Waals surface area contributed by atoms with Gasteiger partial charge in [-0.2, -0.15) is 0 Å². The number of aryl methyl sites for hydroxylation is 1. The highest BCUT2D eigenvalue weighted by Gasteiger charge is 2.38. The van der Waals surface area contributed by atoms with E-state index >= 15 is 0 Å². The minimum atomic E-state index is -0.150. The molecule has 2 aliphatic rings. The highest BCUT2D eigenvalue weighted by molar-refractivity contribution is 5.60. The predicted molar refractivity (Wildman–Crippen MR) is 83.9 cm³/mol. The zero-order chi connectivity index (χ0) is 14.4. The minimum Gasteiger partial charge on any atom is -0.375 e. The predicted octanol–water partition coefficient (Wildman–Crippen LogP) is 4.96. The van der Waals surface area contributed by atoms with Gasteiger partial charge in [0.05, 0.1) is 11.7 Å². The fourth-order valence-electron chi connectivity index (χ4n) is 3.69. The molecule has 0 aromatic heterocycles. The van der Waals surface area contributed by atoms with Crippen LogP contribution in [0.4, 0.5) is 10.1 Å². The lowest BCUT2D eigenvalue weighted by atomic mass is 9.77. The van der Waals surface area contributed by atoms with Crippen molar-refractivity contribution in [3.05, 3.63) is 77.1 Å². The number of halogens is 1. The average molecular weight is 279 g/mol. The van der Waals surface area contributed by atoms with Crippen LogP contribution in [0.15, 0.2) is 54.6 Å². The van der Waals surface area contributed by atoms with Crippen molar-refractivity contribution < 1.29 is 4.39 Å². The van der Waals surface area contributed by atoms with E-state index < -0.39 is 0 Å². The third kappa shape index (κ3) is 1.98. The van der Waals surface area contributed by atoms with Gasteiger partial charge in [-0.15, -0.1) is 0 Å². The highest BCUT2D eigenvalue weighted by Crippen LogP contribution is 2.50. The van der Waals surface area contributed by atoms with Crippen LogP contribution in [0.25, 0.3) is 0 Å². The van der Waals surface area contributed by atoms with E-state index in [9.17, 15) is 4.39 Å². The lowest BCUT2D eigenvalue weighted by Gasteiger charge is -2.37. The molecule has 4 rings (SSSR count). The van der Waals surface area contributed by atoms with E-state index in [1.807, 2.05) is 12.1 Å². The molecule has 0 amide bonds. The van der Waals surface area contributed by atoms with Gasteiger partial charge in [0.2, 0.25) is 0 Å². The molecule has 2 heteroatoms. The molecular formula is C19H18FN. The fourth-order valence-corrected chi connectivity index (χ4v) is 3.69. The number of hydrogen-bond donors (Lipinski definition) is 1. The normalized spacial score (nSPS) is 26.1. The first-order chi connectivity index (χ1) is 10.2. The molecule has 1 heterocycles. The van der Waals surface area contributed by atoms with Crippen molar-refractivity contribution >= 4 is 5.69 Å². The summed E-state index contributed by atoms with van der Waals surface area (Å²) < 4.78 is 14.2. The number of hydrogen-bond acceptors (Lipinski definition) is 1. The molecule has 0 radical (unpaired) electrons. The molecule has 0 saturated heterocycles. The quantitative estimate of drug-likeness (QED) is 0.727. The Morgan fingerprint density at radius 2 is 1.90 bits per heavy atom. The molecule has 1 nitrogen and oxygen atoms in total. The molecule has 21 heavy (non-hydrogen) atoms. The number of para-hydroxylation sites is 1. The summed E-state index contributed by atoms with van der Waals surface area (Å²) >= 11 is 0. The fraction of sp³-hybridized carbons (Fsp3) is 0.263. The first kappa shape index (κ1) is 12.6. The molecule has 0 unspecified atom stereocenters. The Balaban J connectivity index is 1.81. The third-order valence-corrected chi connectivity index (χ3v) is 4.78. The number of benzene rings is 2. The zero-order valence-electron chi connectivity index (χ0n) is 12.0. The van der Waals surface area contributed by atoms with E-state index in [1.165, 1.54) is 17.2 Å². The van der Waals surface area contributed by atoms with Crippen LogP contribution >= 0.6 is 0 Å². The van der Waals surface area contributed by atoms with Crippen molar-refractivity contribution in [2.75, 3.05) is 5.32 Å². The second kappa shape index (κ2) is 4.73. The molecule has 2 aromatic carbocycles. The molecule has 1 N–H and O–H groups in total. The Morgan fingerprint density at radius 3 is 2.71 bits per heavy atom. The Morgan fingerprint density at radius 1 is 1.10 bits per heavy atom. The van der Waals surface area contributed by atoms with Crippen LogP contribution in [0, 0.1) is 18.7 Å². The minimum absolute atomic E-state index is 0.150. The van der Waals surface area contributed by atoms with Gasteiger partial charge in [0.25, 0.3) is 0 Å². The summed E-state index contributed by atoms with van der Waals surface area (Å²) in [5.74, 6) is 0.647. The van der Waals surface area contributed by atoms with E-state index in [1.54, 1.807) is 0 Å². The SMILES string of the molecule is Cc1ccc([C@@H]2Nc3c(F)cccc3[C@H]3C=CC[C@@H]32)cc1. The summed E-state index contributed by atoms with van der Waals surface area (Å²) in [5.41, 5.74) is 4.27. The summed E-state index contributed by atoms with van der Waals surface area (Å²) in [4.78, 5) is 0. The summed E-state index contributed by atoms with van der Waals surface area (Å²) in [6.45, 7) is 2.09. The second-order valence-electron chi connectivity index (χ2n) is 6.09. The van der Waals surface area contributed by atoms with Crippen molar-refractivity contribution in [3.63, 3.8) is 0 Å². The topological polar surface area (TPSA) is 12.0 Å². The van der Waals surface area contributed by atoms with E-state index in [4.69, 9.17) is 0 Å². The molecule has 2 aromatic rings. The number of fused-ring (bicyclic) bond motifs is 3. The molecule has 0 spiro atoms. The number of rotatable bonds is 1. The summed E-state index contributed by atoms with van der Waals surface area (Å²) in [6.07, 6.45) is 5.52. The van der Waals surface area contributed by atoms with Gasteiger partial charge in [-0.3, -0.25) is 0 Å². The maximum absolute atomic E-state index is 14.2.